The number of nitrogens with one attached hydrogen (secondary N) is 3. The molecule has 9 heteroatoms. The zero-order chi connectivity index (χ0) is 20.6. The molecule has 2 rings (SSSR count). The van der Waals surface area contributed by atoms with Gasteiger partial charge >= 0.3 is 0 Å². The van der Waals surface area contributed by atoms with E-state index < -0.39 is 9.84 Å². The number of para-hydroxylation sites is 1. The van der Waals surface area contributed by atoms with Crippen molar-refractivity contribution in [2.45, 2.75) is 38.8 Å². The highest BCUT2D eigenvalue weighted by molar-refractivity contribution is 7.91. The van der Waals surface area contributed by atoms with Crippen LogP contribution in [0.5, 0.6) is 5.75 Å². The first-order valence-corrected chi connectivity index (χ1v) is 11.3. The summed E-state index contributed by atoms with van der Waals surface area (Å²) in [5.41, 5.74) is 1.08. The lowest BCUT2D eigenvalue weighted by Crippen LogP contribution is -2.43. The van der Waals surface area contributed by atoms with Gasteiger partial charge in [0.05, 0.1) is 18.1 Å². The van der Waals surface area contributed by atoms with Crippen LogP contribution in [0.2, 0.25) is 0 Å². The number of aryl methyl sites for hydroxylation is 1. The molecule has 0 bridgehead atoms. The summed E-state index contributed by atoms with van der Waals surface area (Å²) >= 11 is 0. The fraction of sp³-hybridized carbons (Fsp3) is 0.579. The Kier molecular flexibility index (Phi) is 8.10. The molecule has 2 unspecified atom stereocenters. The number of amides is 1. The van der Waals surface area contributed by atoms with Gasteiger partial charge in [-0.25, -0.2) is 8.42 Å². The Morgan fingerprint density at radius 3 is 2.71 bits per heavy atom. The number of sulfone groups is 1. The van der Waals surface area contributed by atoms with Crippen LogP contribution in [0.15, 0.2) is 29.3 Å². The molecule has 2 atom stereocenters. The van der Waals surface area contributed by atoms with E-state index in [4.69, 9.17) is 4.74 Å². The number of hydrogen-bond donors (Lipinski definition) is 3. The molecule has 8 nitrogen and oxygen atoms in total. The first-order chi connectivity index (χ1) is 13.3. The average Bonchev–Trinajstić information content (AvgIpc) is 2.98. The molecule has 1 aromatic rings. The molecular weight excluding hydrogens is 380 g/mol. The largest absolute Gasteiger partial charge is 0.489 e. The van der Waals surface area contributed by atoms with Crippen LogP contribution in [0, 0.1) is 6.92 Å². The van der Waals surface area contributed by atoms with Gasteiger partial charge in [0.25, 0.3) is 0 Å². The highest BCUT2D eigenvalue weighted by Gasteiger charge is 2.28. The third kappa shape index (κ3) is 7.38. The third-order valence-electron chi connectivity index (χ3n) is 4.44. The van der Waals surface area contributed by atoms with E-state index in [1.165, 1.54) is 0 Å². The van der Waals surface area contributed by atoms with Gasteiger partial charge in [-0.05, 0) is 31.9 Å². The third-order valence-corrected chi connectivity index (χ3v) is 6.21. The maximum Gasteiger partial charge on any atom is 0.222 e. The van der Waals surface area contributed by atoms with Crippen molar-refractivity contribution in [2.75, 3.05) is 31.6 Å². The number of benzene rings is 1. The number of guanidine groups is 1. The van der Waals surface area contributed by atoms with Gasteiger partial charge in [0.2, 0.25) is 5.91 Å². The van der Waals surface area contributed by atoms with E-state index in [-0.39, 0.29) is 36.0 Å². The van der Waals surface area contributed by atoms with E-state index in [1.54, 1.807) is 7.05 Å². The number of hydrogen-bond acceptors (Lipinski definition) is 5. The highest BCUT2D eigenvalue weighted by Crippen LogP contribution is 2.17. The molecule has 0 radical (unpaired) electrons. The Balaban J connectivity index is 1.65. The van der Waals surface area contributed by atoms with E-state index in [2.05, 4.69) is 20.9 Å². The lowest BCUT2D eigenvalue weighted by Gasteiger charge is -2.19. The summed E-state index contributed by atoms with van der Waals surface area (Å²) in [6.45, 7) is 4.93. The van der Waals surface area contributed by atoms with Crippen LogP contribution in [-0.4, -0.2) is 64.1 Å². The number of aliphatic imine (C=N–C) groups is 1. The van der Waals surface area contributed by atoms with E-state index in [1.807, 2.05) is 38.1 Å². The molecule has 1 aliphatic heterocycles. The van der Waals surface area contributed by atoms with Crippen LogP contribution < -0.4 is 20.7 Å². The van der Waals surface area contributed by atoms with Crippen molar-refractivity contribution in [1.29, 1.82) is 0 Å². The number of carbonyl (C=O) groups excluding carboxylic acids is 1. The van der Waals surface area contributed by atoms with E-state index in [0.717, 1.165) is 11.3 Å². The number of rotatable bonds is 8. The summed E-state index contributed by atoms with van der Waals surface area (Å²) in [5, 5.41) is 9.02. The number of carbonyl (C=O) groups is 1. The van der Waals surface area contributed by atoms with Gasteiger partial charge < -0.3 is 20.7 Å². The molecule has 1 heterocycles. The summed E-state index contributed by atoms with van der Waals surface area (Å²) in [7, 11) is -1.33. The van der Waals surface area contributed by atoms with Gasteiger partial charge in [-0.15, -0.1) is 0 Å². The van der Waals surface area contributed by atoms with Crippen molar-refractivity contribution in [2.24, 2.45) is 4.99 Å². The molecule has 1 amide bonds. The number of ether oxygens (including phenoxy) is 1. The Morgan fingerprint density at radius 2 is 2.07 bits per heavy atom. The normalized spacial score (nSPS) is 19.7. The van der Waals surface area contributed by atoms with Gasteiger partial charge in [0, 0.05) is 26.1 Å². The van der Waals surface area contributed by atoms with E-state index in [0.29, 0.717) is 25.5 Å². The maximum atomic E-state index is 12.0. The van der Waals surface area contributed by atoms with Crippen LogP contribution in [0.1, 0.15) is 25.3 Å². The molecule has 0 aromatic heterocycles. The van der Waals surface area contributed by atoms with Crippen LogP contribution >= 0.6 is 0 Å². The molecule has 3 N–H and O–H groups in total. The van der Waals surface area contributed by atoms with Gasteiger partial charge in [0.1, 0.15) is 11.9 Å². The SMILES string of the molecule is CN=C(NCCC(=O)NC1CCS(=O)(=O)C1)NCC(C)Oc1ccccc1C. The molecule has 0 aliphatic carbocycles. The number of nitrogens with zero attached hydrogens (tertiary/aromatic N) is 1. The summed E-state index contributed by atoms with van der Waals surface area (Å²) in [5.74, 6) is 1.45. The van der Waals surface area contributed by atoms with Crippen LogP contribution in [0.4, 0.5) is 0 Å². The molecule has 1 aliphatic rings. The predicted molar refractivity (Wildman–Crippen MR) is 110 cm³/mol. The average molecular weight is 411 g/mol. The molecule has 1 fully saturated rings. The Labute approximate surface area is 167 Å². The maximum absolute atomic E-state index is 12.0. The summed E-state index contributed by atoms with van der Waals surface area (Å²) < 4.78 is 28.8. The zero-order valence-electron chi connectivity index (χ0n) is 16.7. The summed E-state index contributed by atoms with van der Waals surface area (Å²) in [4.78, 5) is 16.1. The van der Waals surface area contributed by atoms with Gasteiger partial charge in [-0.1, -0.05) is 18.2 Å². The van der Waals surface area contributed by atoms with E-state index in [9.17, 15) is 13.2 Å². The fourth-order valence-corrected chi connectivity index (χ4v) is 4.58. The summed E-state index contributed by atoms with van der Waals surface area (Å²) in [6.07, 6.45) is 0.669. The van der Waals surface area contributed by atoms with Gasteiger partial charge in [0.15, 0.2) is 15.8 Å². The molecule has 1 saturated heterocycles. The standard InChI is InChI=1S/C19H30N4O4S/c1-14-6-4-5-7-17(14)27-15(2)12-22-19(20-3)21-10-8-18(24)23-16-9-11-28(25,26)13-16/h4-7,15-16H,8-13H2,1-3H3,(H,23,24)(H2,20,21,22). The minimum absolute atomic E-state index is 0.0359. The smallest absolute Gasteiger partial charge is 0.222 e. The minimum atomic E-state index is -2.99. The first kappa shape index (κ1) is 22.0. The monoisotopic (exact) mass is 410 g/mol. The molecule has 0 saturated carbocycles. The molecular formula is C19H30N4O4S. The predicted octanol–water partition coefficient (Wildman–Crippen LogP) is 0.621. The Hall–Kier alpha value is -2.29. The van der Waals surface area contributed by atoms with Crippen molar-refractivity contribution in [1.82, 2.24) is 16.0 Å². The fourth-order valence-electron chi connectivity index (χ4n) is 2.91. The van der Waals surface area contributed by atoms with Crippen LogP contribution in [-0.2, 0) is 14.6 Å². The molecule has 28 heavy (non-hydrogen) atoms. The van der Waals surface area contributed by atoms with Crippen molar-refractivity contribution in [3.63, 3.8) is 0 Å². The highest BCUT2D eigenvalue weighted by atomic mass is 32.2. The van der Waals surface area contributed by atoms with Gasteiger partial charge in [-0.2, -0.15) is 0 Å². The van der Waals surface area contributed by atoms with Crippen molar-refractivity contribution in [3.05, 3.63) is 29.8 Å². The topological polar surface area (TPSA) is 109 Å². The second-order valence-corrected chi connectivity index (χ2v) is 9.22. The molecule has 156 valence electrons. The summed E-state index contributed by atoms with van der Waals surface area (Å²) in [6, 6.07) is 7.58. The zero-order valence-corrected chi connectivity index (χ0v) is 17.5. The molecule has 1 aromatic carbocycles. The lowest BCUT2D eigenvalue weighted by molar-refractivity contribution is -0.121. The Morgan fingerprint density at radius 1 is 1.32 bits per heavy atom. The second kappa shape index (κ2) is 10.3. The quantitative estimate of drug-likeness (QED) is 0.428. The van der Waals surface area contributed by atoms with E-state index >= 15 is 0 Å². The van der Waals surface area contributed by atoms with Crippen molar-refractivity contribution < 1.29 is 17.9 Å². The van der Waals surface area contributed by atoms with Crippen molar-refractivity contribution in [3.8, 4) is 5.75 Å². The Bertz CT molecular complexity index is 795. The van der Waals surface area contributed by atoms with Crippen molar-refractivity contribution >= 4 is 21.7 Å². The first-order valence-electron chi connectivity index (χ1n) is 9.45. The lowest BCUT2D eigenvalue weighted by atomic mass is 10.2. The van der Waals surface area contributed by atoms with Crippen LogP contribution in [0.25, 0.3) is 0 Å². The second-order valence-electron chi connectivity index (χ2n) is 6.99. The van der Waals surface area contributed by atoms with Crippen LogP contribution in [0.3, 0.4) is 0 Å². The van der Waals surface area contributed by atoms with Gasteiger partial charge in [-0.3, -0.25) is 9.79 Å². The minimum Gasteiger partial charge on any atom is -0.489 e. The molecule has 0 spiro atoms.